The number of nitro groups is 1. The number of amides is 1. The fourth-order valence-corrected chi connectivity index (χ4v) is 7.97. The Balaban J connectivity index is 1.40. The highest BCUT2D eigenvalue weighted by atomic mass is 16.6. The summed E-state index contributed by atoms with van der Waals surface area (Å²) >= 11 is 0. The quantitative estimate of drug-likeness (QED) is 0.586. The van der Waals surface area contributed by atoms with Crippen LogP contribution in [-0.4, -0.2) is 42.5 Å². The van der Waals surface area contributed by atoms with Crippen molar-refractivity contribution in [3.63, 3.8) is 0 Å². The number of carbonyl (C=O) groups excluding carboxylic acids is 1. The molecule has 1 saturated heterocycles. The molecule has 7 nitrogen and oxygen atoms in total. The number of nitro benzene ring substituents is 1. The number of piperazine rings is 1. The van der Waals surface area contributed by atoms with Crippen molar-refractivity contribution >= 4 is 17.3 Å². The van der Waals surface area contributed by atoms with E-state index >= 15 is 0 Å². The van der Waals surface area contributed by atoms with E-state index in [1.54, 1.807) is 12.1 Å². The van der Waals surface area contributed by atoms with Crippen LogP contribution < -0.4 is 15.5 Å². The summed E-state index contributed by atoms with van der Waals surface area (Å²) in [5.41, 5.74) is 1.52. The van der Waals surface area contributed by atoms with Gasteiger partial charge >= 0.3 is 0 Å². The van der Waals surface area contributed by atoms with E-state index < -0.39 is 0 Å². The molecule has 4 aliphatic carbocycles. The van der Waals surface area contributed by atoms with Gasteiger partial charge in [-0.05, 0) is 67.4 Å². The highest BCUT2D eigenvalue weighted by molar-refractivity contribution is 5.96. The minimum Gasteiger partial charge on any atom is -0.355 e. The zero-order valence-corrected chi connectivity index (χ0v) is 18.1. The summed E-state index contributed by atoms with van der Waals surface area (Å²) in [5.74, 6) is 0.523. The van der Waals surface area contributed by atoms with Crippen molar-refractivity contribution in [1.82, 2.24) is 5.32 Å². The van der Waals surface area contributed by atoms with Crippen molar-refractivity contribution in [3.8, 4) is 0 Å². The second-order valence-electron chi connectivity index (χ2n) is 11.2. The third-order valence-corrected chi connectivity index (χ3v) is 7.99. The molecule has 0 radical (unpaired) electrons. The zero-order chi connectivity index (χ0) is 21.1. The first-order valence-electron chi connectivity index (χ1n) is 11.4. The molecule has 0 aromatic heterocycles. The number of hydrogen-bond acceptors (Lipinski definition) is 4. The minimum atomic E-state index is -0.350. The molecule has 2 unspecified atom stereocenters. The van der Waals surface area contributed by atoms with Crippen LogP contribution in [0.25, 0.3) is 0 Å². The third kappa shape index (κ3) is 3.37. The second kappa shape index (κ2) is 6.67. The average molecular weight is 414 g/mol. The Morgan fingerprint density at radius 1 is 1.13 bits per heavy atom. The molecule has 30 heavy (non-hydrogen) atoms. The Bertz CT molecular complexity index is 876. The topological polar surface area (TPSA) is 92.1 Å². The third-order valence-electron chi connectivity index (χ3n) is 7.99. The van der Waals surface area contributed by atoms with E-state index in [2.05, 4.69) is 29.4 Å². The van der Waals surface area contributed by atoms with Gasteiger partial charge in [0.15, 0.2) is 0 Å². The SMILES string of the molecule is C[C@]12CC3CC(NC(=O)c4ccc(N5CC[NH2+]CC5)c([N+](=O)[O-])c4)(C1)C[C@@](C)(C3)C2. The molecule has 162 valence electrons. The zero-order valence-electron chi connectivity index (χ0n) is 18.1. The van der Waals surface area contributed by atoms with Crippen LogP contribution >= 0.6 is 0 Å². The van der Waals surface area contributed by atoms with Gasteiger partial charge in [0, 0.05) is 17.2 Å². The number of benzene rings is 1. The van der Waals surface area contributed by atoms with Crippen molar-refractivity contribution < 1.29 is 15.0 Å². The van der Waals surface area contributed by atoms with Crippen LogP contribution in [0.1, 0.15) is 62.7 Å². The average Bonchev–Trinajstić information content (AvgIpc) is 2.65. The van der Waals surface area contributed by atoms with Crippen molar-refractivity contribution in [2.45, 2.75) is 57.9 Å². The fourth-order valence-electron chi connectivity index (χ4n) is 7.97. The number of carbonyl (C=O) groups is 1. The van der Waals surface area contributed by atoms with E-state index in [4.69, 9.17) is 0 Å². The molecule has 1 aliphatic heterocycles. The molecule has 5 fully saturated rings. The van der Waals surface area contributed by atoms with E-state index in [9.17, 15) is 14.9 Å². The van der Waals surface area contributed by atoms with Crippen LogP contribution in [0.15, 0.2) is 18.2 Å². The summed E-state index contributed by atoms with van der Waals surface area (Å²) in [5, 5.41) is 17.4. The van der Waals surface area contributed by atoms with Crippen molar-refractivity contribution in [3.05, 3.63) is 33.9 Å². The van der Waals surface area contributed by atoms with Crippen molar-refractivity contribution in [1.29, 1.82) is 0 Å². The van der Waals surface area contributed by atoms with Gasteiger partial charge in [0.25, 0.3) is 11.6 Å². The predicted octanol–water partition coefficient (Wildman–Crippen LogP) is 2.46. The molecule has 7 heteroatoms. The summed E-state index contributed by atoms with van der Waals surface area (Å²) < 4.78 is 0. The van der Waals surface area contributed by atoms with Crippen LogP contribution in [0.2, 0.25) is 0 Å². The predicted molar refractivity (Wildman–Crippen MR) is 115 cm³/mol. The standard InChI is InChI=1S/C23H32N4O3/c1-21-10-16-11-22(2,13-21)15-23(12-16,14-21)25-20(28)17-3-4-18(19(9-17)27(29)30)26-7-5-24-6-8-26/h3-4,9,16,24H,5-8,10-15H2,1-2H3,(H,25,28)/p+1/t16?,21-,22+,23?. The van der Waals surface area contributed by atoms with Gasteiger partial charge in [0.2, 0.25) is 0 Å². The molecule has 4 saturated carbocycles. The summed E-state index contributed by atoms with van der Waals surface area (Å²) in [4.78, 5) is 26.7. The maximum atomic E-state index is 13.2. The largest absolute Gasteiger partial charge is 0.355 e. The van der Waals surface area contributed by atoms with Gasteiger partial charge in [-0.2, -0.15) is 0 Å². The van der Waals surface area contributed by atoms with Crippen LogP contribution in [0.5, 0.6) is 0 Å². The molecule has 4 bridgehead atoms. The van der Waals surface area contributed by atoms with Gasteiger partial charge in [-0.3, -0.25) is 14.9 Å². The lowest BCUT2D eigenvalue weighted by Gasteiger charge is -2.65. The van der Waals surface area contributed by atoms with Crippen molar-refractivity contribution in [2.24, 2.45) is 16.7 Å². The molecule has 5 aliphatic rings. The summed E-state index contributed by atoms with van der Waals surface area (Å²) in [6, 6.07) is 5.01. The number of rotatable bonds is 4. The highest BCUT2D eigenvalue weighted by Crippen LogP contribution is 2.66. The first-order chi connectivity index (χ1) is 14.2. The van der Waals surface area contributed by atoms with Gasteiger partial charge in [-0.15, -0.1) is 0 Å². The van der Waals surface area contributed by atoms with E-state index in [0.29, 0.717) is 28.0 Å². The maximum absolute atomic E-state index is 13.2. The number of quaternary nitrogens is 1. The van der Waals surface area contributed by atoms with Gasteiger partial charge in [-0.25, -0.2) is 0 Å². The molecule has 0 spiro atoms. The van der Waals surface area contributed by atoms with E-state index in [1.165, 1.54) is 25.3 Å². The Morgan fingerprint density at radius 2 is 1.80 bits per heavy atom. The van der Waals surface area contributed by atoms with Crippen LogP contribution in [0.3, 0.4) is 0 Å². The highest BCUT2D eigenvalue weighted by Gasteiger charge is 2.60. The van der Waals surface area contributed by atoms with E-state index in [0.717, 1.165) is 45.4 Å². The number of nitrogens with two attached hydrogens (primary N) is 1. The maximum Gasteiger partial charge on any atom is 0.293 e. The molecule has 1 amide bonds. The summed E-state index contributed by atoms with van der Waals surface area (Å²) in [6.07, 6.45) is 6.90. The lowest BCUT2D eigenvalue weighted by molar-refractivity contribution is -0.655. The Labute approximate surface area is 177 Å². The Morgan fingerprint density at radius 3 is 2.40 bits per heavy atom. The molecular formula is C23H33N4O3+. The smallest absolute Gasteiger partial charge is 0.293 e. The fraction of sp³-hybridized carbons (Fsp3) is 0.696. The monoisotopic (exact) mass is 413 g/mol. The minimum absolute atomic E-state index is 0.0361. The van der Waals surface area contributed by atoms with E-state index in [1.807, 2.05) is 0 Å². The van der Waals surface area contributed by atoms with Crippen LogP contribution in [0, 0.1) is 26.9 Å². The molecule has 3 N–H and O–H groups in total. The van der Waals surface area contributed by atoms with Crippen LogP contribution in [0.4, 0.5) is 11.4 Å². The molecule has 1 aromatic carbocycles. The lowest BCUT2D eigenvalue weighted by atomic mass is 9.43. The number of anilines is 1. The van der Waals surface area contributed by atoms with Gasteiger partial charge in [0.05, 0.1) is 31.1 Å². The van der Waals surface area contributed by atoms with Gasteiger partial charge in [0.1, 0.15) is 5.69 Å². The molecular weight excluding hydrogens is 380 g/mol. The Kier molecular flexibility index (Phi) is 4.40. The van der Waals surface area contributed by atoms with Crippen molar-refractivity contribution in [2.75, 3.05) is 31.1 Å². The number of hydrogen-bond donors (Lipinski definition) is 2. The summed E-state index contributed by atoms with van der Waals surface area (Å²) in [7, 11) is 0. The molecule has 6 rings (SSSR count). The number of nitrogens with zero attached hydrogens (tertiary/aromatic N) is 2. The summed E-state index contributed by atoms with van der Waals surface area (Å²) in [6.45, 7) is 8.20. The first-order valence-corrected chi connectivity index (χ1v) is 11.4. The van der Waals surface area contributed by atoms with Gasteiger partial charge < -0.3 is 15.5 Å². The van der Waals surface area contributed by atoms with E-state index in [-0.39, 0.29) is 22.1 Å². The number of nitrogens with one attached hydrogen (secondary N) is 1. The molecule has 1 heterocycles. The second-order valence-corrected chi connectivity index (χ2v) is 11.2. The normalized spacial score (nSPS) is 37.3. The van der Waals surface area contributed by atoms with Crippen LogP contribution in [-0.2, 0) is 0 Å². The lowest BCUT2D eigenvalue weighted by Crippen LogP contribution is -2.89. The Hall–Kier alpha value is -2.15. The molecule has 4 atom stereocenters. The molecule has 1 aromatic rings. The van der Waals surface area contributed by atoms with Gasteiger partial charge in [-0.1, -0.05) is 13.8 Å². The first kappa shape index (κ1) is 19.8.